The van der Waals surface area contributed by atoms with Gasteiger partial charge in [-0.2, -0.15) is 0 Å². The minimum atomic E-state index is -0.727. The molecule has 1 saturated carbocycles. The molecule has 8 heteroatoms. The van der Waals surface area contributed by atoms with Gasteiger partial charge in [-0.15, -0.1) is 0 Å². The number of hydrogen-bond acceptors (Lipinski definition) is 3. The topological polar surface area (TPSA) is 58.6 Å². The number of benzene rings is 3. The molecule has 3 aromatic rings. The molecule has 1 aliphatic carbocycles. The number of carbonyl (C=O) groups is 2. The number of carbonyl (C=O) groups excluding carboxylic acids is 2. The number of ether oxygens (including phenoxy) is 1. The Morgan fingerprint density at radius 1 is 0.947 bits per heavy atom. The summed E-state index contributed by atoms with van der Waals surface area (Å²) in [5.41, 5.74) is 1.80. The van der Waals surface area contributed by atoms with E-state index < -0.39 is 6.04 Å². The molecule has 4 rings (SSSR count). The Bertz CT molecular complexity index is 1240. The van der Waals surface area contributed by atoms with E-state index in [0.29, 0.717) is 22.2 Å². The second-order valence-electron chi connectivity index (χ2n) is 9.56. The maximum atomic E-state index is 13.8. The lowest BCUT2D eigenvalue weighted by Crippen LogP contribution is -2.53. The van der Waals surface area contributed by atoms with Crippen LogP contribution in [0, 0.1) is 0 Å². The number of nitrogens with one attached hydrogen (secondary N) is 1. The summed E-state index contributed by atoms with van der Waals surface area (Å²) in [5, 5.41) is 4.20. The van der Waals surface area contributed by atoms with Gasteiger partial charge in [0.1, 0.15) is 11.8 Å². The molecule has 1 fully saturated rings. The third-order valence-electron chi connectivity index (χ3n) is 6.71. The Hall–Kier alpha value is -2.54. The Balaban J connectivity index is 1.62. The molecule has 0 saturated heterocycles. The molecule has 0 unspecified atom stereocenters. The Morgan fingerprint density at radius 2 is 1.68 bits per heavy atom. The summed E-state index contributed by atoms with van der Waals surface area (Å²) < 4.78 is 6.64. The van der Waals surface area contributed by atoms with E-state index in [2.05, 4.69) is 21.2 Å². The zero-order chi connectivity index (χ0) is 26.9. The molecule has 0 spiro atoms. The first kappa shape index (κ1) is 28.5. The molecule has 1 N–H and O–H groups in total. The average molecular weight is 618 g/mol. The van der Waals surface area contributed by atoms with Gasteiger partial charge >= 0.3 is 0 Å². The average Bonchev–Trinajstić information content (AvgIpc) is 2.91. The molecule has 0 aliphatic heterocycles. The zero-order valence-electron chi connectivity index (χ0n) is 21.0. The summed E-state index contributed by atoms with van der Waals surface area (Å²) in [4.78, 5) is 29.1. The molecule has 5 nitrogen and oxygen atoms in total. The lowest BCUT2D eigenvalue weighted by Gasteiger charge is -2.33. The quantitative estimate of drug-likeness (QED) is 0.261. The minimum Gasteiger partial charge on any atom is -0.482 e. The van der Waals surface area contributed by atoms with Crippen LogP contribution < -0.4 is 10.1 Å². The van der Waals surface area contributed by atoms with Crippen LogP contribution in [0.1, 0.15) is 43.2 Å². The summed E-state index contributed by atoms with van der Waals surface area (Å²) in [7, 11) is 0. The van der Waals surface area contributed by atoms with Crippen LogP contribution in [0.25, 0.3) is 0 Å². The van der Waals surface area contributed by atoms with E-state index in [1.54, 1.807) is 29.2 Å². The predicted molar refractivity (Wildman–Crippen MR) is 156 cm³/mol. The molecule has 1 aliphatic rings. The van der Waals surface area contributed by atoms with Crippen molar-refractivity contribution in [3.05, 3.63) is 98.4 Å². The predicted octanol–water partition coefficient (Wildman–Crippen LogP) is 7.22. The highest BCUT2D eigenvalue weighted by Crippen LogP contribution is 2.28. The van der Waals surface area contributed by atoms with Crippen molar-refractivity contribution in [1.82, 2.24) is 10.2 Å². The lowest BCUT2D eigenvalue weighted by atomic mass is 9.94. The van der Waals surface area contributed by atoms with Crippen LogP contribution in [0.4, 0.5) is 0 Å². The maximum absolute atomic E-state index is 13.8. The van der Waals surface area contributed by atoms with Gasteiger partial charge in [0.05, 0.1) is 5.02 Å². The van der Waals surface area contributed by atoms with Crippen molar-refractivity contribution in [2.45, 2.75) is 57.2 Å². The van der Waals surface area contributed by atoms with Gasteiger partial charge in [0, 0.05) is 28.5 Å². The highest BCUT2D eigenvalue weighted by atomic mass is 79.9. The van der Waals surface area contributed by atoms with Crippen molar-refractivity contribution in [2.75, 3.05) is 6.61 Å². The van der Waals surface area contributed by atoms with E-state index in [-0.39, 0.29) is 31.0 Å². The van der Waals surface area contributed by atoms with Crippen LogP contribution in [0.2, 0.25) is 10.0 Å². The molecular weight excluding hydrogens is 587 g/mol. The first-order valence-electron chi connectivity index (χ1n) is 12.8. The summed E-state index contributed by atoms with van der Waals surface area (Å²) in [5.74, 6) is -0.0707. The van der Waals surface area contributed by atoms with Gasteiger partial charge in [-0.05, 0) is 54.3 Å². The second kappa shape index (κ2) is 14.0. The lowest BCUT2D eigenvalue weighted by molar-refractivity contribution is -0.143. The summed E-state index contributed by atoms with van der Waals surface area (Å²) in [6.07, 6.45) is 5.68. The third kappa shape index (κ3) is 8.23. The van der Waals surface area contributed by atoms with Crippen molar-refractivity contribution in [1.29, 1.82) is 0 Å². The fourth-order valence-corrected chi connectivity index (χ4v) is 5.69. The molecule has 0 bridgehead atoms. The largest absolute Gasteiger partial charge is 0.482 e. The summed E-state index contributed by atoms with van der Waals surface area (Å²) >= 11 is 15.9. The fraction of sp³-hybridized carbons (Fsp3) is 0.333. The first-order chi connectivity index (χ1) is 18.4. The van der Waals surface area contributed by atoms with E-state index in [1.807, 2.05) is 48.5 Å². The number of halogens is 3. The van der Waals surface area contributed by atoms with E-state index in [9.17, 15) is 9.59 Å². The summed E-state index contributed by atoms with van der Waals surface area (Å²) in [6, 6.07) is 21.7. The van der Waals surface area contributed by atoms with E-state index in [0.717, 1.165) is 41.3 Å². The van der Waals surface area contributed by atoms with E-state index >= 15 is 0 Å². The van der Waals surface area contributed by atoms with Gasteiger partial charge in [0.2, 0.25) is 5.91 Å². The molecule has 200 valence electrons. The molecule has 2 amide bonds. The SMILES string of the molecule is O=C(NC1CCCCC1)[C@@H](Cc1ccccc1)N(Cc1cccc(Cl)c1)C(=O)COc1ccc(Br)cc1Cl. The number of hydrogen-bond donors (Lipinski definition) is 1. The summed E-state index contributed by atoms with van der Waals surface area (Å²) in [6.45, 7) is -0.0453. The molecule has 0 radical (unpaired) electrons. The fourth-order valence-electron chi connectivity index (χ4n) is 4.74. The smallest absolute Gasteiger partial charge is 0.261 e. The van der Waals surface area contributed by atoms with Gasteiger partial charge in [0.15, 0.2) is 6.61 Å². The van der Waals surface area contributed by atoms with Crippen LogP contribution in [0.15, 0.2) is 77.3 Å². The number of rotatable bonds is 10. The molecule has 1 atom stereocenters. The molecular formula is C30H31BrCl2N2O3. The molecule has 0 aromatic heterocycles. The maximum Gasteiger partial charge on any atom is 0.261 e. The van der Waals surface area contributed by atoms with Gasteiger partial charge in [-0.1, -0.05) is 101 Å². The van der Waals surface area contributed by atoms with Gasteiger partial charge < -0.3 is 15.0 Å². The molecule has 38 heavy (non-hydrogen) atoms. The normalized spacial score (nSPS) is 14.5. The molecule has 3 aromatic carbocycles. The van der Waals surface area contributed by atoms with Crippen LogP contribution in [-0.4, -0.2) is 35.4 Å². The monoisotopic (exact) mass is 616 g/mol. The van der Waals surface area contributed by atoms with Gasteiger partial charge in [0.25, 0.3) is 5.91 Å². The van der Waals surface area contributed by atoms with Crippen molar-refractivity contribution in [2.24, 2.45) is 0 Å². The van der Waals surface area contributed by atoms with Crippen molar-refractivity contribution in [3.63, 3.8) is 0 Å². The highest BCUT2D eigenvalue weighted by Gasteiger charge is 2.32. The number of amides is 2. The molecule has 0 heterocycles. The highest BCUT2D eigenvalue weighted by molar-refractivity contribution is 9.10. The van der Waals surface area contributed by atoms with Crippen LogP contribution in [-0.2, 0) is 22.6 Å². The zero-order valence-corrected chi connectivity index (χ0v) is 24.1. The minimum absolute atomic E-state index is 0.121. The Kier molecular flexibility index (Phi) is 10.5. The first-order valence-corrected chi connectivity index (χ1v) is 14.4. The van der Waals surface area contributed by atoms with Gasteiger partial charge in [-0.3, -0.25) is 9.59 Å². The van der Waals surface area contributed by atoms with Crippen molar-refractivity contribution < 1.29 is 14.3 Å². The van der Waals surface area contributed by atoms with Crippen LogP contribution in [0.5, 0.6) is 5.75 Å². The standard InChI is InChI=1S/C30H31BrCl2N2O3/c31-23-14-15-28(26(33)18-23)38-20-29(36)35(19-22-10-7-11-24(32)16-22)27(17-21-8-3-1-4-9-21)30(37)34-25-12-5-2-6-13-25/h1,3-4,7-11,14-16,18,25,27H,2,5-6,12-13,17,19-20H2,(H,34,37)/t27-/m1/s1. The van der Waals surface area contributed by atoms with Crippen LogP contribution in [0.3, 0.4) is 0 Å². The Morgan fingerprint density at radius 3 is 2.39 bits per heavy atom. The number of nitrogens with zero attached hydrogens (tertiary/aromatic N) is 1. The van der Waals surface area contributed by atoms with E-state index in [4.69, 9.17) is 27.9 Å². The van der Waals surface area contributed by atoms with E-state index in [1.165, 1.54) is 6.42 Å². The third-order valence-corrected chi connectivity index (χ3v) is 7.73. The van der Waals surface area contributed by atoms with Crippen LogP contribution >= 0.6 is 39.1 Å². The van der Waals surface area contributed by atoms with Crippen molar-refractivity contribution >= 4 is 50.9 Å². The Labute approximate surface area is 242 Å². The second-order valence-corrected chi connectivity index (χ2v) is 11.3. The van der Waals surface area contributed by atoms with Crippen molar-refractivity contribution in [3.8, 4) is 5.75 Å². The van der Waals surface area contributed by atoms with Gasteiger partial charge in [-0.25, -0.2) is 0 Å².